The molecule has 1 saturated heterocycles. The van der Waals surface area contributed by atoms with Crippen LogP contribution in [0, 0.1) is 0 Å². The molecule has 1 fully saturated rings. The van der Waals surface area contributed by atoms with Gasteiger partial charge < -0.3 is 5.32 Å². The Bertz CT molecular complexity index is 874. The van der Waals surface area contributed by atoms with E-state index in [9.17, 15) is 9.59 Å². The number of fused-ring (bicyclic) bond motifs is 1. The van der Waals surface area contributed by atoms with Crippen LogP contribution >= 0.6 is 0 Å². The van der Waals surface area contributed by atoms with Gasteiger partial charge >= 0.3 is 0 Å². The molecule has 4 rings (SSSR count). The van der Waals surface area contributed by atoms with Gasteiger partial charge in [-0.15, -0.1) is 0 Å². The molecule has 0 spiro atoms. The van der Waals surface area contributed by atoms with Gasteiger partial charge in [0, 0.05) is 42.5 Å². The van der Waals surface area contributed by atoms with Crippen molar-refractivity contribution in [3.8, 4) is 0 Å². The molecular formula is C23H25N3O2. The van der Waals surface area contributed by atoms with E-state index in [0.29, 0.717) is 11.3 Å². The Morgan fingerprint density at radius 1 is 1.14 bits per heavy atom. The number of rotatable bonds is 5. The number of hydrogen-bond donors (Lipinski definition) is 1. The molecule has 0 unspecified atom stereocenters. The topological polar surface area (TPSA) is 52.7 Å². The van der Waals surface area contributed by atoms with Crippen LogP contribution < -0.4 is 5.32 Å². The van der Waals surface area contributed by atoms with Crippen molar-refractivity contribution in [2.24, 2.45) is 0 Å². The van der Waals surface area contributed by atoms with Crippen molar-refractivity contribution in [2.45, 2.75) is 32.0 Å². The third-order valence-corrected chi connectivity index (χ3v) is 5.61. The zero-order valence-electron chi connectivity index (χ0n) is 16.1. The number of likely N-dealkylation sites (tertiary alicyclic amines) is 1. The maximum atomic E-state index is 12.8. The van der Waals surface area contributed by atoms with Gasteiger partial charge in [-0.3, -0.25) is 19.4 Å². The lowest BCUT2D eigenvalue weighted by molar-refractivity contribution is -0.124. The highest BCUT2D eigenvalue weighted by molar-refractivity contribution is 6.10. The van der Waals surface area contributed by atoms with Crippen LogP contribution in [0.25, 0.3) is 5.70 Å². The fourth-order valence-electron chi connectivity index (χ4n) is 4.09. The van der Waals surface area contributed by atoms with Crippen molar-refractivity contribution >= 4 is 17.5 Å². The lowest BCUT2D eigenvalue weighted by atomic mass is 10.1. The summed E-state index contributed by atoms with van der Waals surface area (Å²) in [7, 11) is 0. The van der Waals surface area contributed by atoms with Crippen LogP contribution in [-0.4, -0.2) is 46.8 Å². The van der Waals surface area contributed by atoms with Crippen molar-refractivity contribution < 1.29 is 9.59 Å². The van der Waals surface area contributed by atoms with Crippen LogP contribution in [0.2, 0.25) is 0 Å². The fraction of sp³-hybridized carbons (Fsp3) is 0.304. The average molecular weight is 375 g/mol. The smallest absolute Gasteiger partial charge is 0.259 e. The summed E-state index contributed by atoms with van der Waals surface area (Å²) in [5.74, 6) is -0.283. The van der Waals surface area contributed by atoms with E-state index in [0.717, 1.165) is 31.6 Å². The van der Waals surface area contributed by atoms with E-state index in [2.05, 4.69) is 28.9 Å². The molecule has 0 aromatic heterocycles. The lowest BCUT2D eigenvalue weighted by Crippen LogP contribution is -2.48. The van der Waals surface area contributed by atoms with E-state index >= 15 is 0 Å². The normalized spacial score (nSPS) is 20.3. The SMILES string of the molecule is C=C1c2ccccc2C(=O)N1[C@@H](C)C(=O)N[C@H]1CCN(Cc2ccccc2)C1. The van der Waals surface area contributed by atoms with Crippen LogP contribution in [-0.2, 0) is 11.3 Å². The van der Waals surface area contributed by atoms with Crippen LogP contribution in [0.15, 0.2) is 61.2 Å². The molecule has 2 aliphatic rings. The van der Waals surface area contributed by atoms with E-state index < -0.39 is 6.04 Å². The Kier molecular flexibility index (Phi) is 5.01. The second kappa shape index (κ2) is 7.60. The fourth-order valence-corrected chi connectivity index (χ4v) is 4.09. The zero-order valence-corrected chi connectivity index (χ0v) is 16.1. The molecule has 0 saturated carbocycles. The molecule has 28 heavy (non-hydrogen) atoms. The summed E-state index contributed by atoms with van der Waals surface area (Å²) in [5.41, 5.74) is 3.30. The summed E-state index contributed by atoms with van der Waals surface area (Å²) in [6.07, 6.45) is 0.917. The highest BCUT2D eigenvalue weighted by atomic mass is 16.2. The van der Waals surface area contributed by atoms with Gasteiger partial charge in [0.05, 0.1) is 0 Å². The summed E-state index contributed by atoms with van der Waals surface area (Å²) in [6, 6.07) is 17.2. The Hall–Kier alpha value is -2.92. The standard InChI is InChI=1S/C23H25N3O2/c1-16-20-10-6-7-11-21(20)23(28)26(16)17(2)22(27)24-19-12-13-25(15-19)14-18-8-4-3-5-9-18/h3-11,17,19H,1,12-15H2,2H3,(H,24,27)/t17-,19-/m0/s1. The van der Waals surface area contributed by atoms with Crippen molar-refractivity contribution in [1.82, 2.24) is 15.1 Å². The molecule has 2 aliphatic heterocycles. The molecule has 1 N–H and O–H groups in total. The monoisotopic (exact) mass is 375 g/mol. The highest BCUT2D eigenvalue weighted by Gasteiger charge is 2.37. The Morgan fingerprint density at radius 2 is 1.82 bits per heavy atom. The lowest BCUT2D eigenvalue weighted by Gasteiger charge is -2.26. The number of nitrogens with zero attached hydrogens (tertiary/aromatic N) is 2. The second-order valence-electron chi connectivity index (χ2n) is 7.56. The van der Waals surface area contributed by atoms with Crippen LogP contribution in [0.4, 0.5) is 0 Å². The van der Waals surface area contributed by atoms with E-state index in [4.69, 9.17) is 0 Å². The molecule has 0 radical (unpaired) electrons. The number of carbonyl (C=O) groups excluding carboxylic acids is 2. The average Bonchev–Trinajstić information content (AvgIpc) is 3.24. The maximum absolute atomic E-state index is 12.8. The van der Waals surface area contributed by atoms with Crippen LogP contribution in [0.1, 0.15) is 34.8 Å². The summed E-state index contributed by atoms with van der Waals surface area (Å²) < 4.78 is 0. The molecule has 5 nitrogen and oxygen atoms in total. The molecule has 0 aliphatic carbocycles. The Morgan fingerprint density at radius 3 is 2.54 bits per heavy atom. The predicted octanol–water partition coefficient (Wildman–Crippen LogP) is 2.89. The van der Waals surface area contributed by atoms with Gasteiger partial charge in [0.1, 0.15) is 6.04 Å². The Labute approximate surface area is 165 Å². The van der Waals surface area contributed by atoms with E-state index in [-0.39, 0.29) is 17.9 Å². The molecule has 2 amide bonds. The number of amides is 2. The van der Waals surface area contributed by atoms with Crippen molar-refractivity contribution in [3.05, 3.63) is 77.9 Å². The minimum Gasteiger partial charge on any atom is -0.350 e. The molecule has 2 aromatic carbocycles. The first kappa shape index (κ1) is 18.4. The molecule has 2 aromatic rings. The molecule has 2 heterocycles. The molecule has 144 valence electrons. The maximum Gasteiger partial charge on any atom is 0.259 e. The third-order valence-electron chi connectivity index (χ3n) is 5.61. The first-order valence-electron chi connectivity index (χ1n) is 9.73. The minimum absolute atomic E-state index is 0.104. The van der Waals surface area contributed by atoms with E-state index in [1.165, 1.54) is 10.5 Å². The predicted molar refractivity (Wildman–Crippen MR) is 109 cm³/mol. The first-order valence-corrected chi connectivity index (χ1v) is 9.73. The van der Waals surface area contributed by atoms with Crippen molar-refractivity contribution in [1.29, 1.82) is 0 Å². The van der Waals surface area contributed by atoms with Crippen molar-refractivity contribution in [2.75, 3.05) is 13.1 Å². The summed E-state index contributed by atoms with van der Waals surface area (Å²) in [6.45, 7) is 8.47. The van der Waals surface area contributed by atoms with Gasteiger partial charge in [-0.25, -0.2) is 0 Å². The van der Waals surface area contributed by atoms with Crippen LogP contribution in [0.3, 0.4) is 0 Å². The van der Waals surface area contributed by atoms with Gasteiger partial charge in [0.25, 0.3) is 5.91 Å². The first-order chi connectivity index (χ1) is 13.5. The third kappa shape index (κ3) is 3.45. The highest BCUT2D eigenvalue weighted by Crippen LogP contribution is 2.32. The largest absolute Gasteiger partial charge is 0.350 e. The zero-order chi connectivity index (χ0) is 19.7. The summed E-state index contributed by atoms with van der Waals surface area (Å²) in [5, 5.41) is 3.12. The summed E-state index contributed by atoms with van der Waals surface area (Å²) >= 11 is 0. The summed E-state index contributed by atoms with van der Waals surface area (Å²) in [4.78, 5) is 29.4. The number of carbonyl (C=O) groups is 2. The molecule has 2 atom stereocenters. The van der Waals surface area contributed by atoms with Crippen LogP contribution in [0.5, 0.6) is 0 Å². The molecule has 0 bridgehead atoms. The van der Waals surface area contributed by atoms with E-state index in [1.807, 2.05) is 36.4 Å². The number of hydrogen-bond acceptors (Lipinski definition) is 3. The van der Waals surface area contributed by atoms with Gasteiger partial charge in [-0.05, 0) is 25.0 Å². The van der Waals surface area contributed by atoms with Gasteiger partial charge in [0.2, 0.25) is 5.91 Å². The molecular weight excluding hydrogens is 350 g/mol. The minimum atomic E-state index is -0.587. The van der Waals surface area contributed by atoms with Gasteiger partial charge in [-0.1, -0.05) is 55.1 Å². The van der Waals surface area contributed by atoms with Gasteiger partial charge in [-0.2, -0.15) is 0 Å². The van der Waals surface area contributed by atoms with E-state index in [1.54, 1.807) is 13.0 Å². The number of nitrogens with one attached hydrogen (secondary N) is 1. The quantitative estimate of drug-likeness (QED) is 0.874. The Balaban J connectivity index is 1.36. The molecule has 5 heteroatoms. The van der Waals surface area contributed by atoms with Gasteiger partial charge in [0.15, 0.2) is 0 Å². The van der Waals surface area contributed by atoms with Crippen molar-refractivity contribution in [3.63, 3.8) is 0 Å². The number of benzene rings is 2. The second-order valence-corrected chi connectivity index (χ2v) is 7.56.